The lowest BCUT2D eigenvalue weighted by molar-refractivity contribution is -0.143. The molecule has 128 valence electrons. The fourth-order valence-electron chi connectivity index (χ4n) is 4.36. The van der Waals surface area contributed by atoms with Crippen LogP contribution in [0.2, 0.25) is 0 Å². The van der Waals surface area contributed by atoms with Crippen LogP contribution in [-0.4, -0.2) is 24.0 Å². The van der Waals surface area contributed by atoms with E-state index in [2.05, 4.69) is 0 Å². The van der Waals surface area contributed by atoms with Gasteiger partial charge >= 0.3 is 0 Å². The molecule has 2 aliphatic rings. The summed E-state index contributed by atoms with van der Waals surface area (Å²) in [4.78, 5) is 36.2. The summed E-state index contributed by atoms with van der Waals surface area (Å²) in [5.41, 5.74) is -1.37. The fourth-order valence-corrected chi connectivity index (χ4v) is 5.38. The normalized spacial score (nSPS) is 30.3. The average Bonchev–Trinajstić information content (AvgIpc) is 2.90. The molecule has 3 rings (SSSR count). The molecular weight excluding hydrogens is 327 g/mol. The molecule has 4 atom stereocenters. The molecule has 0 aromatic heterocycles. The molecule has 6 heteroatoms. The molecule has 1 aromatic carbocycles. The third-order valence-electron chi connectivity index (χ3n) is 5.91. The monoisotopic (exact) mass is 348 g/mol. The predicted molar refractivity (Wildman–Crippen MR) is 89.6 cm³/mol. The minimum atomic E-state index is -2.58. The molecule has 0 heterocycles. The van der Waals surface area contributed by atoms with Crippen LogP contribution in [0.4, 0.5) is 0 Å². The van der Waals surface area contributed by atoms with Crippen LogP contribution in [-0.2, 0) is 23.5 Å². The van der Waals surface area contributed by atoms with Crippen LogP contribution in [0, 0.1) is 16.7 Å². The van der Waals surface area contributed by atoms with Gasteiger partial charge in [-0.25, -0.2) is 0 Å². The molecule has 4 unspecified atom stereocenters. The van der Waals surface area contributed by atoms with E-state index in [9.17, 15) is 18.9 Å². The second-order valence-electron chi connectivity index (χ2n) is 7.24. The average molecular weight is 348 g/mol. The lowest BCUT2D eigenvalue weighted by Gasteiger charge is -2.36. The Hall–Kier alpha value is -1.58. The Labute approximate surface area is 141 Å². The van der Waals surface area contributed by atoms with Gasteiger partial charge in [0, 0.05) is 16.6 Å². The van der Waals surface area contributed by atoms with Crippen LogP contribution in [0.3, 0.4) is 0 Å². The minimum absolute atomic E-state index is 0.119. The number of carbonyl (C=O) groups excluding carboxylic acids is 3. The van der Waals surface area contributed by atoms with Crippen molar-refractivity contribution >= 4 is 31.2 Å². The molecule has 0 saturated heterocycles. The first-order valence-electron chi connectivity index (χ1n) is 8.13. The van der Waals surface area contributed by atoms with Crippen LogP contribution in [0.25, 0.3) is 0 Å². The van der Waals surface area contributed by atoms with E-state index in [0.717, 1.165) is 0 Å². The van der Waals surface area contributed by atoms with E-state index in [1.165, 1.54) is 0 Å². The summed E-state index contributed by atoms with van der Waals surface area (Å²) in [5.74, 6) is -0.992. The van der Waals surface area contributed by atoms with Crippen molar-refractivity contribution in [3.05, 3.63) is 30.3 Å². The first kappa shape index (κ1) is 17.2. The van der Waals surface area contributed by atoms with Gasteiger partial charge in [-0.2, -0.15) is 0 Å². The molecule has 0 radical (unpaired) electrons. The van der Waals surface area contributed by atoms with Crippen molar-refractivity contribution in [2.75, 3.05) is 0 Å². The summed E-state index contributed by atoms with van der Waals surface area (Å²) in [6.45, 7) is 3.82. The van der Waals surface area contributed by atoms with Crippen molar-refractivity contribution < 1.29 is 23.5 Å². The molecule has 0 aliphatic heterocycles. The molecule has 1 aromatic rings. The molecule has 0 N–H and O–H groups in total. The molecule has 0 spiro atoms. The molecule has 0 amide bonds. The van der Waals surface area contributed by atoms with Gasteiger partial charge in [0.05, 0.1) is 0 Å². The number of hydrogen-bond donors (Lipinski definition) is 0. The van der Waals surface area contributed by atoms with E-state index in [1.807, 2.05) is 13.8 Å². The Morgan fingerprint density at radius 2 is 1.96 bits per heavy atom. The van der Waals surface area contributed by atoms with Gasteiger partial charge in [0.1, 0.15) is 12.4 Å². The molecule has 24 heavy (non-hydrogen) atoms. The van der Waals surface area contributed by atoms with Crippen molar-refractivity contribution in [1.29, 1.82) is 0 Å². The maximum Gasteiger partial charge on any atom is 0.221 e. The van der Waals surface area contributed by atoms with Gasteiger partial charge in [-0.1, -0.05) is 32.0 Å². The van der Waals surface area contributed by atoms with E-state index in [-0.39, 0.29) is 18.1 Å². The van der Waals surface area contributed by atoms with Gasteiger partial charge in [0.2, 0.25) is 19.6 Å². The molecule has 2 bridgehead atoms. The topological polar surface area (TPSA) is 77.5 Å². The Balaban J connectivity index is 1.81. The number of fused-ring (bicyclic) bond motifs is 2. The molecule has 2 fully saturated rings. The maximum absolute atomic E-state index is 12.5. The second-order valence-corrected chi connectivity index (χ2v) is 8.63. The zero-order valence-corrected chi connectivity index (χ0v) is 14.8. The zero-order valence-electron chi connectivity index (χ0n) is 13.8. The molecule has 2 saturated carbocycles. The number of ketones is 2. The van der Waals surface area contributed by atoms with Crippen molar-refractivity contribution in [3.8, 4) is 0 Å². The lowest BCUT2D eigenvalue weighted by atomic mass is 9.66. The van der Waals surface area contributed by atoms with Gasteiger partial charge < -0.3 is 9.32 Å². The summed E-state index contributed by atoms with van der Waals surface area (Å²) < 4.78 is 17.8. The SMILES string of the molecule is CC1(C)C2CCC1(CC(C=O)O[PH](=O)c1ccccc1)C(=O)C2=O. The smallest absolute Gasteiger partial charge is 0.221 e. The van der Waals surface area contributed by atoms with E-state index in [0.29, 0.717) is 24.4 Å². The van der Waals surface area contributed by atoms with Gasteiger partial charge in [0.15, 0.2) is 0 Å². The van der Waals surface area contributed by atoms with E-state index in [4.69, 9.17) is 4.52 Å². The highest BCUT2D eigenvalue weighted by atomic mass is 31.1. The minimum Gasteiger partial charge on any atom is -0.316 e. The fraction of sp³-hybridized carbons (Fsp3) is 0.500. The standard InChI is InChI=1S/C18H21O5P/c1-17(2)14-8-9-18(17,16(21)15(14)20)10-12(11-19)23-24(22)13-6-4-3-5-7-13/h3-7,11-12,14,24H,8-10H2,1-2H3. The third-order valence-corrected chi connectivity index (χ3v) is 7.23. The van der Waals surface area contributed by atoms with Crippen LogP contribution in [0.5, 0.6) is 0 Å². The van der Waals surface area contributed by atoms with E-state index in [1.54, 1.807) is 30.3 Å². The Bertz CT molecular complexity index is 711. The number of carbonyl (C=O) groups is 3. The number of benzene rings is 1. The van der Waals surface area contributed by atoms with Crippen LogP contribution in [0.15, 0.2) is 30.3 Å². The van der Waals surface area contributed by atoms with Crippen LogP contribution in [0.1, 0.15) is 33.1 Å². The summed E-state index contributed by atoms with van der Waals surface area (Å²) in [6.07, 6.45) is 1.00. The first-order chi connectivity index (χ1) is 11.3. The van der Waals surface area contributed by atoms with Gasteiger partial charge in [-0.15, -0.1) is 0 Å². The summed E-state index contributed by atoms with van der Waals surface area (Å²) in [6, 6.07) is 8.67. The highest BCUT2D eigenvalue weighted by Gasteiger charge is 2.69. The number of rotatable bonds is 6. The Morgan fingerprint density at radius 1 is 1.29 bits per heavy atom. The summed E-state index contributed by atoms with van der Waals surface area (Å²) in [7, 11) is -2.58. The largest absolute Gasteiger partial charge is 0.316 e. The van der Waals surface area contributed by atoms with Crippen LogP contribution >= 0.6 is 8.03 Å². The molecular formula is C18H21O5P. The predicted octanol–water partition coefficient (Wildman–Crippen LogP) is 2.34. The molecule has 2 aliphatic carbocycles. The first-order valence-corrected chi connectivity index (χ1v) is 9.45. The van der Waals surface area contributed by atoms with Crippen molar-refractivity contribution in [1.82, 2.24) is 0 Å². The van der Waals surface area contributed by atoms with Crippen molar-refractivity contribution in [3.63, 3.8) is 0 Å². The second kappa shape index (κ2) is 6.05. The third kappa shape index (κ3) is 2.42. The van der Waals surface area contributed by atoms with Gasteiger partial charge in [-0.3, -0.25) is 14.2 Å². The summed E-state index contributed by atoms with van der Waals surface area (Å²) >= 11 is 0. The Kier molecular flexibility index (Phi) is 4.35. The lowest BCUT2D eigenvalue weighted by Crippen LogP contribution is -2.40. The highest BCUT2D eigenvalue weighted by molar-refractivity contribution is 7.48. The van der Waals surface area contributed by atoms with E-state index < -0.39 is 30.7 Å². The van der Waals surface area contributed by atoms with Crippen molar-refractivity contribution in [2.24, 2.45) is 16.7 Å². The highest BCUT2D eigenvalue weighted by Crippen LogP contribution is 2.64. The summed E-state index contributed by atoms with van der Waals surface area (Å²) in [5, 5.41) is 0.532. The van der Waals surface area contributed by atoms with Crippen LogP contribution < -0.4 is 5.30 Å². The number of aldehydes is 1. The van der Waals surface area contributed by atoms with Gasteiger partial charge in [-0.05, 0) is 36.8 Å². The van der Waals surface area contributed by atoms with Gasteiger partial charge in [0.25, 0.3) is 0 Å². The number of hydrogen-bond acceptors (Lipinski definition) is 5. The quantitative estimate of drug-likeness (QED) is 0.448. The van der Waals surface area contributed by atoms with E-state index >= 15 is 0 Å². The zero-order chi connectivity index (χ0) is 17.5. The maximum atomic E-state index is 12.5. The van der Waals surface area contributed by atoms with Crippen molar-refractivity contribution in [2.45, 2.75) is 39.2 Å². The molecule has 5 nitrogen and oxygen atoms in total. The number of Topliss-reactive ketones (excluding diaryl/α,β-unsaturated/α-hetero) is 2. The Morgan fingerprint density at radius 3 is 2.50 bits per heavy atom.